The monoisotopic (exact) mass is 223 g/mol. The van der Waals surface area contributed by atoms with Gasteiger partial charge in [-0.3, -0.25) is 9.59 Å². The van der Waals surface area contributed by atoms with Gasteiger partial charge in [0.2, 0.25) is 5.91 Å². The first-order valence-corrected chi connectivity index (χ1v) is 4.54. The normalized spacial score (nSPS) is 9.56. The van der Waals surface area contributed by atoms with Gasteiger partial charge in [0.1, 0.15) is 5.75 Å². The van der Waals surface area contributed by atoms with Crippen LogP contribution in [0.2, 0.25) is 0 Å². The average Bonchev–Trinajstić information content (AvgIpc) is 2.25. The summed E-state index contributed by atoms with van der Waals surface area (Å²) in [6, 6.07) is 4.62. The lowest BCUT2D eigenvalue weighted by molar-refractivity contribution is -0.117. The van der Waals surface area contributed by atoms with Crippen molar-refractivity contribution in [3.8, 4) is 5.75 Å². The summed E-state index contributed by atoms with van der Waals surface area (Å²) in [4.78, 5) is 22.1. The van der Waals surface area contributed by atoms with Crippen molar-refractivity contribution < 1.29 is 14.3 Å². The molecule has 0 aliphatic carbocycles. The van der Waals surface area contributed by atoms with Crippen LogP contribution in [0.3, 0.4) is 0 Å². The lowest BCUT2D eigenvalue weighted by Gasteiger charge is -2.08. The van der Waals surface area contributed by atoms with Crippen LogP contribution in [0.4, 0.5) is 5.69 Å². The molecule has 1 aromatic rings. The third kappa shape index (κ3) is 2.88. The maximum absolute atomic E-state index is 11.6. The molecule has 5 N–H and O–H groups in total. The number of rotatable bonds is 4. The van der Waals surface area contributed by atoms with E-state index in [-0.39, 0.29) is 6.54 Å². The minimum absolute atomic E-state index is 0.216. The van der Waals surface area contributed by atoms with Crippen LogP contribution in [0, 0.1) is 0 Å². The Hall–Kier alpha value is -2.24. The molecule has 0 heterocycles. The van der Waals surface area contributed by atoms with Crippen LogP contribution in [0.25, 0.3) is 0 Å². The second-order valence-electron chi connectivity index (χ2n) is 3.11. The molecule has 1 aromatic carbocycles. The van der Waals surface area contributed by atoms with Crippen LogP contribution < -0.4 is 21.5 Å². The largest absolute Gasteiger partial charge is 0.496 e. The number of benzene rings is 1. The SMILES string of the molecule is COc1cc(N)ccc1C(=O)NCC(N)=O. The van der Waals surface area contributed by atoms with Crippen molar-refractivity contribution in [1.82, 2.24) is 5.32 Å². The number of nitrogens with two attached hydrogens (primary N) is 2. The maximum atomic E-state index is 11.6. The second kappa shape index (κ2) is 5.01. The zero-order valence-electron chi connectivity index (χ0n) is 8.82. The first kappa shape index (κ1) is 11.8. The molecular weight excluding hydrogens is 210 g/mol. The summed E-state index contributed by atoms with van der Waals surface area (Å²) < 4.78 is 5.00. The van der Waals surface area contributed by atoms with Gasteiger partial charge in [-0.2, -0.15) is 0 Å². The number of hydrogen-bond donors (Lipinski definition) is 3. The van der Waals surface area contributed by atoms with Gasteiger partial charge in [0.15, 0.2) is 0 Å². The fourth-order valence-corrected chi connectivity index (χ4v) is 1.16. The zero-order valence-corrected chi connectivity index (χ0v) is 8.82. The summed E-state index contributed by atoms with van der Waals surface area (Å²) >= 11 is 0. The Labute approximate surface area is 92.6 Å². The van der Waals surface area contributed by atoms with Crippen LogP contribution >= 0.6 is 0 Å². The van der Waals surface area contributed by atoms with Crippen LogP contribution in [-0.4, -0.2) is 25.5 Å². The van der Waals surface area contributed by atoms with Gasteiger partial charge in [0.25, 0.3) is 5.91 Å². The molecule has 0 unspecified atom stereocenters. The maximum Gasteiger partial charge on any atom is 0.255 e. The Morgan fingerprint density at radius 1 is 1.44 bits per heavy atom. The van der Waals surface area contributed by atoms with E-state index in [1.54, 1.807) is 6.07 Å². The van der Waals surface area contributed by atoms with E-state index in [4.69, 9.17) is 16.2 Å². The van der Waals surface area contributed by atoms with E-state index in [0.29, 0.717) is 17.0 Å². The van der Waals surface area contributed by atoms with E-state index in [0.717, 1.165) is 0 Å². The number of primary amides is 1. The Balaban J connectivity index is 2.86. The number of amides is 2. The molecule has 86 valence electrons. The standard InChI is InChI=1S/C10H13N3O3/c1-16-8-4-6(11)2-3-7(8)10(15)13-5-9(12)14/h2-4H,5,11H2,1H3,(H2,12,14)(H,13,15). The van der Waals surface area contributed by atoms with Crippen molar-refractivity contribution in [2.75, 3.05) is 19.4 Å². The smallest absolute Gasteiger partial charge is 0.255 e. The van der Waals surface area contributed by atoms with Crippen LogP contribution in [0.15, 0.2) is 18.2 Å². The average molecular weight is 223 g/mol. The fraction of sp³-hybridized carbons (Fsp3) is 0.200. The third-order valence-corrected chi connectivity index (χ3v) is 1.89. The van der Waals surface area contributed by atoms with Gasteiger partial charge in [0, 0.05) is 11.8 Å². The number of methoxy groups -OCH3 is 1. The molecule has 2 amide bonds. The summed E-state index contributed by atoms with van der Waals surface area (Å²) in [5.74, 6) is -0.694. The molecule has 0 atom stereocenters. The van der Waals surface area contributed by atoms with E-state index in [1.807, 2.05) is 0 Å². The molecule has 0 aromatic heterocycles. The quantitative estimate of drug-likeness (QED) is 0.597. The molecule has 0 saturated heterocycles. The number of ether oxygens (including phenoxy) is 1. The fourth-order valence-electron chi connectivity index (χ4n) is 1.16. The van der Waals surface area contributed by atoms with Crippen molar-refractivity contribution in [2.45, 2.75) is 0 Å². The molecular formula is C10H13N3O3. The van der Waals surface area contributed by atoms with E-state index in [2.05, 4.69) is 5.32 Å². The highest BCUT2D eigenvalue weighted by Gasteiger charge is 2.12. The highest BCUT2D eigenvalue weighted by molar-refractivity contribution is 5.99. The number of hydrogen-bond acceptors (Lipinski definition) is 4. The Kier molecular flexibility index (Phi) is 3.71. The summed E-state index contributed by atoms with van der Waals surface area (Å²) in [5, 5.41) is 2.36. The molecule has 1 rings (SSSR count). The van der Waals surface area contributed by atoms with Gasteiger partial charge in [0.05, 0.1) is 19.2 Å². The highest BCUT2D eigenvalue weighted by atomic mass is 16.5. The number of carbonyl (C=O) groups is 2. The minimum Gasteiger partial charge on any atom is -0.496 e. The number of anilines is 1. The number of nitrogens with one attached hydrogen (secondary N) is 1. The molecule has 0 bridgehead atoms. The van der Waals surface area contributed by atoms with Crippen LogP contribution in [0.5, 0.6) is 5.75 Å². The Morgan fingerprint density at radius 3 is 2.69 bits per heavy atom. The van der Waals surface area contributed by atoms with Crippen molar-refractivity contribution in [2.24, 2.45) is 5.73 Å². The minimum atomic E-state index is -0.609. The molecule has 6 heteroatoms. The summed E-state index contributed by atoms with van der Waals surface area (Å²) in [5.41, 5.74) is 11.2. The first-order chi connectivity index (χ1) is 7.54. The molecule has 0 radical (unpaired) electrons. The summed E-state index contributed by atoms with van der Waals surface area (Å²) in [7, 11) is 1.43. The number of nitrogen functional groups attached to an aromatic ring is 1. The lowest BCUT2D eigenvalue weighted by atomic mass is 10.1. The predicted molar refractivity (Wildman–Crippen MR) is 58.9 cm³/mol. The molecule has 16 heavy (non-hydrogen) atoms. The summed E-state index contributed by atoms with van der Waals surface area (Å²) in [6.07, 6.45) is 0. The van der Waals surface area contributed by atoms with Crippen molar-refractivity contribution in [3.05, 3.63) is 23.8 Å². The predicted octanol–water partition coefficient (Wildman–Crippen LogP) is -0.507. The van der Waals surface area contributed by atoms with Gasteiger partial charge in [-0.25, -0.2) is 0 Å². The van der Waals surface area contributed by atoms with E-state index in [9.17, 15) is 9.59 Å². The zero-order chi connectivity index (χ0) is 12.1. The second-order valence-corrected chi connectivity index (χ2v) is 3.11. The molecule has 0 aliphatic rings. The Bertz CT molecular complexity index is 418. The van der Waals surface area contributed by atoms with Crippen LogP contribution in [0.1, 0.15) is 10.4 Å². The van der Waals surface area contributed by atoms with Gasteiger partial charge in [-0.05, 0) is 12.1 Å². The molecule has 0 spiro atoms. The molecule has 0 fully saturated rings. The molecule has 0 saturated carbocycles. The third-order valence-electron chi connectivity index (χ3n) is 1.89. The first-order valence-electron chi connectivity index (χ1n) is 4.54. The van der Waals surface area contributed by atoms with Gasteiger partial charge >= 0.3 is 0 Å². The molecule has 6 nitrogen and oxygen atoms in total. The van der Waals surface area contributed by atoms with Gasteiger partial charge in [-0.15, -0.1) is 0 Å². The van der Waals surface area contributed by atoms with Gasteiger partial charge < -0.3 is 21.5 Å². The lowest BCUT2D eigenvalue weighted by Crippen LogP contribution is -2.33. The topological polar surface area (TPSA) is 107 Å². The Morgan fingerprint density at radius 2 is 2.12 bits per heavy atom. The van der Waals surface area contributed by atoms with Gasteiger partial charge in [-0.1, -0.05) is 0 Å². The van der Waals surface area contributed by atoms with Crippen LogP contribution in [-0.2, 0) is 4.79 Å². The number of carbonyl (C=O) groups excluding carboxylic acids is 2. The van der Waals surface area contributed by atoms with E-state index in [1.165, 1.54) is 19.2 Å². The van der Waals surface area contributed by atoms with Crippen molar-refractivity contribution in [3.63, 3.8) is 0 Å². The van der Waals surface area contributed by atoms with E-state index >= 15 is 0 Å². The van der Waals surface area contributed by atoms with Crippen molar-refractivity contribution >= 4 is 17.5 Å². The molecule has 0 aliphatic heterocycles. The van der Waals surface area contributed by atoms with E-state index < -0.39 is 11.8 Å². The van der Waals surface area contributed by atoms with Crippen molar-refractivity contribution in [1.29, 1.82) is 0 Å². The summed E-state index contributed by atoms with van der Waals surface area (Å²) in [6.45, 7) is -0.216. The highest BCUT2D eigenvalue weighted by Crippen LogP contribution is 2.21.